The van der Waals surface area contributed by atoms with E-state index in [1.54, 1.807) is 0 Å². The van der Waals surface area contributed by atoms with Crippen molar-refractivity contribution in [2.24, 2.45) is 23.2 Å². The van der Waals surface area contributed by atoms with E-state index in [9.17, 15) is 14.7 Å². The molecule has 4 bridgehead atoms. The number of benzene rings is 2. The summed E-state index contributed by atoms with van der Waals surface area (Å²) in [5.74, 6) is 2.20. The summed E-state index contributed by atoms with van der Waals surface area (Å²) in [4.78, 5) is 31.7. The van der Waals surface area contributed by atoms with Crippen LogP contribution in [0.25, 0.3) is 0 Å². The molecular formula is C42H61N3O5Si. The Kier molecular flexibility index (Phi) is 9.23. The van der Waals surface area contributed by atoms with Gasteiger partial charge in [-0.1, -0.05) is 45.0 Å². The van der Waals surface area contributed by atoms with Crippen molar-refractivity contribution in [3.8, 4) is 5.75 Å². The highest BCUT2D eigenvalue weighted by molar-refractivity contribution is 6.74. The molecule has 8 nitrogen and oxygen atoms in total. The predicted molar refractivity (Wildman–Crippen MR) is 204 cm³/mol. The minimum Gasteiger partial charge on any atom is -0.543 e. The van der Waals surface area contributed by atoms with Gasteiger partial charge in [-0.05, 0) is 143 Å². The number of rotatable bonds is 9. The third-order valence-corrected chi connectivity index (χ3v) is 18.4. The van der Waals surface area contributed by atoms with Gasteiger partial charge in [-0.2, -0.15) is 0 Å². The maximum Gasteiger partial charge on any atom is 0.407 e. The van der Waals surface area contributed by atoms with Crippen LogP contribution in [0.1, 0.15) is 95.1 Å². The molecule has 2 saturated heterocycles. The van der Waals surface area contributed by atoms with Crippen LogP contribution in [0.5, 0.6) is 5.75 Å². The Labute approximate surface area is 306 Å². The van der Waals surface area contributed by atoms with Crippen molar-refractivity contribution in [3.63, 3.8) is 0 Å². The maximum atomic E-state index is 14.1. The first-order chi connectivity index (χ1) is 24.0. The van der Waals surface area contributed by atoms with Gasteiger partial charge in [0.05, 0.1) is 0 Å². The van der Waals surface area contributed by atoms with Crippen LogP contribution in [0.15, 0.2) is 48.5 Å². The lowest BCUT2D eigenvalue weighted by Crippen LogP contribution is -2.70. The average molecular weight is 716 g/mol. The summed E-state index contributed by atoms with van der Waals surface area (Å²) in [7, 11) is -2.05. The van der Waals surface area contributed by atoms with Crippen molar-refractivity contribution in [3.05, 3.63) is 65.2 Å². The van der Waals surface area contributed by atoms with Crippen LogP contribution in [0.4, 0.5) is 4.79 Å². The molecule has 3 aliphatic carbocycles. The Morgan fingerprint density at radius 3 is 2.49 bits per heavy atom. The number of nitrogens with one attached hydrogen (secondary N) is 1. The fraction of sp³-hybridized carbons (Fsp3) is 0.667. The Morgan fingerprint density at radius 1 is 1.06 bits per heavy atom. The molecule has 2 heterocycles. The monoisotopic (exact) mass is 715 g/mol. The number of aliphatic hydroxyl groups is 1. The molecular weight excluding hydrogens is 655 g/mol. The van der Waals surface area contributed by atoms with Gasteiger partial charge in [0.1, 0.15) is 11.4 Å². The van der Waals surface area contributed by atoms with Crippen LogP contribution >= 0.6 is 0 Å². The predicted octanol–water partition coefficient (Wildman–Crippen LogP) is 7.40. The minimum absolute atomic E-state index is 0.0188. The summed E-state index contributed by atoms with van der Waals surface area (Å²) in [6, 6.07) is 17.5. The Hall–Kier alpha value is -2.88. The van der Waals surface area contributed by atoms with Gasteiger partial charge in [-0.3, -0.25) is 9.69 Å². The fourth-order valence-electron chi connectivity index (χ4n) is 11.1. The maximum absolute atomic E-state index is 14.1. The van der Waals surface area contributed by atoms with Gasteiger partial charge in [0.25, 0.3) is 5.91 Å². The van der Waals surface area contributed by atoms with Crippen molar-refractivity contribution in [2.45, 2.75) is 121 Å². The molecule has 278 valence electrons. The third kappa shape index (κ3) is 6.13. The zero-order valence-electron chi connectivity index (χ0n) is 32.3. The average Bonchev–Trinajstić information content (AvgIpc) is 3.50. The number of carbonyl (C=O) groups is 2. The van der Waals surface area contributed by atoms with Crippen molar-refractivity contribution in [1.29, 1.82) is 0 Å². The lowest BCUT2D eigenvalue weighted by Gasteiger charge is -2.67. The number of carbonyl (C=O) groups excluding carboxylic acids is 2. The number of aliphatic hydroxyl groups excluding tert-OH is 1. The molecule has 2 aromatic rings. The number of alkyl carbamates (subject to hydrolysis) is 1. The first-order valence-electron chi connectivity index (χ1n) is 19.5. The zero-order valence-corrected chi connectivity index (χ0v) is 33.3. The van der Waals surface area contributed by atoms with Crippen molar-refractivity contribution >= 4 is 20.3 Å². The van der Waals surface area contributed by atoms with Gasteiger partial charge < -0.3 is 24.5 Å². The Bertz CT molecular complexity index is 1630. The lowest BCUT2D eigenvalue weighted by molar-refractivity contribution is -0.105. The third-order valence-electron chi connectivity index (χ3n) is 14.0. The quantitative estimate of drug-likeness (QED) is 0.263. The molecule has 2 amide bonds. The van der Waals surface area contributed by atoms with Gasteiger partial charge in [-0.15, -0.1) is 0 Å². The van der Waals surface area contributed by atoms with E-state index in [0.29, 0.717) is 30.8 Å². The van der Waals surface area contributed by atoms with E-state index in [1.165, 1.54) is 11.1 Å². The molecule has 4 fully saturated rings. The molecule has 2 N–H and O–H groups in total. The van der Waals surface area contributed by atoms with Crippen LogP contribution in [-0.2, 0) is 16.6 Å². The molecule has 2 aliphatic heterocycles. The second-order valence-electron chi connectivity index (χ2n) is 19.0. The minimum atomic E-state index is -2.05. The van der Waals surface area contributed by atoms with E-state index in [2.05, 4.69) is 67.2 Å². The van der Waals surface area contributed by atoms with Crippen molar-refractivity contribution in [1.82, 2.24) is 15.1 Å². The summed E-state index contributed by atoms with van der Waals surface area (Å²) in [6.07, 6.45) is 5.57. The highest BCUT2D eigenvalue weighted by Crippen LogP contribution is 2.75. The summed E-state index contributed by atoms with van der Waals surface area (Å²) in [6.45, 7) is 20.4. The number of hydrogen-bond acceptors (Lipinski definition) is 6. The fourth-order valence-corrected chi connectivity index (χ4v) is 12.1. The van der Waals surface area contributed by atoms with Crippen LogP contribution < -0.4 is 9.74 Å². The first-order valence-corrected chi connectivity index (χ1v) is 22.4. The molecule has 6 unspecified atom stereocenters. The molecule has 51 heavy (non-hydrogen) atoms. The van der Waals surface area contributed by atoms with Gasteiger partial charge in [-0.25, -0.2) is 4.79 Å². The molecule has 0 spiro atoms. The standard InChI is InChI=1S/C42H61N3O5Si/c1-39(2,3)49-38(48)43-25-28(17-21-46)26-44-20-19-42-33-23-32(50-51(7,8)40(4,5)6)15-14-30(33)22-35(44)41(42)18-16-34-36(42)31(24-41)27-45(34)37(47)29-12-10-9-11-13-29/h9-15,23,28,31,34-36,46H,16-22,24-27H2,1-8H3,(H,43,48)/t28?,31-,34?,35?,36?,41?,42?/m1/s1. The second-order valence-corrected chi connectivity index (χ2v) is 23.7. The molecule has 5 aliphatic rings. The van der Waals surface area contributed by atoms with E-state index in [-0.39, 0.29) is 40.3 Å². The summed E-state index contributed by atoms with van der Waals surface area (Å²) < 4.78 is 12.5. The molecule has 2 aromatic carbocycles. The van der Waals surface area contributed by atoms with Crippen molar-refractivity contribution < 1.29 is 23.9 Å². The normalized spacial score (nSPS) is 30.3. The van der Waals surface area contributed by atoms with Crippen LogP contribution in [0, 0.1) is 23.2 Å². The molecule has 9 heteroatoms. The summed E-state index contributed by atoms with van der Waals surface area (Å²) in [5.41, 5.74) is 3.27. The highest BCUT2D eigenvalue weighted by Gasteiger charge is 2.76. The van der Waals surface area contributed by atoms with Gasteiger partial charge in [0.2, 0.25) is 8.32 Å². The van der Waals surface area contributed by atoms with E-state index in [1.807, 2.05) is 51.1 Å². The summed E-state index contributed by atoms with van der Waals surface area (Å²) in [5, 5.41) is 13.2. The van der Waals surface area contributed by atoms with E-state index < -0.39 is 20.0 Å². The van der Waals surface area contributed by atoms with Crippen LogP contribution in [0.3, 0.4) is 0 Å². The topological polar surface area (TPSA) is 91.3 Å². The van der Waals surface area contributed by atoms with Crippen LogP contribution in [0.2, 0.25) is 18.1 Å². The SMILES string of the molecule is CC(C)(C)OC(=O)NCC(CCO)CN1CCC23c4cc(O[Si](C)(C)C(C)(C)C)ccc4CC1C21CCC2C3[C@@H](CN2C(=O)c2ccccc2)C1. The van der Waals surface area contributed by atoms with Crippen molar-refractivity contribution in [2.75, 3.05) is 32.8 Å². The van der Waals surface area contributed by atoms with E-state index in [0.717, 1.165) is 63.1 Å². The number of nitrogens with zero attached hydrogens (tertiary/aromatic N) is 2. The van der Waals surface area contributed by atoms with Crippen LogP contribution in [-0.4, -0.2) is 85.7 Å². The zero-order chi connectivity index (χ0) is 36.6. The van der Waals surface area contributed by atoms with Gasteiger partial charge >= 0.3 is 6.09 Å². The van der Waals surface area contributed by atoms with E-state index >= 15 is 0 Å². The summed E-state index contributed by atoms with van der Waals surface area (Å²) >= 11 is 0. The molecule has 2 saturated carbocycles. The number of likely N-dealkylation sites (tertiary alicyclic amines) is 2. The molecule has 7 rings (SSSR count). The molecule has 0 aromatic heterocycles. The number of fused-ring (bicyclic) bond motifs is 1. The smallest absolute Gasteiger partial charge is 0.407 e. The lowest BCUT2D eigenvalue weighted by atomic mass is 9.43. The number of amides is 2. The van der Waals surface area contributed by atoms with E-state index in [4.69, 9.17) is 9.16 Å². The largest absolute Gasteiger partial charge is 0.543 e. The number of ether oxygens (including phenoxy) is 1. The Balaban J connectivity index is 1.24. The second kappa shape index (κ2) is 12.9. The van der Waals surface area contributed by atoms with Gasteiger partial charge in [0, 0.05) is 49.3 Å². The molecule has 0 radical (unpaired) electrons. The number of hydrogen-bond donors (Lipinski definition) is 2. The Morgan fingerprint density at radius 2 is 1.80 bits per heavy atom. The first kappa shape index (κ1) is 36.5. The van der Waals surface area contributed by atoms with Gasteiger partial charge in [0.15, 0.2) is 0 Å². The highest BCUT2D eigenvalue weighted by atomic mass is 28.4. The molecule has 7 atom stereocenters. The number of piperidine rings is 1.